The van der Waals surface area contributed by atoms with Gasteiger partial charge in [-0.05, 0) is 48.6 Å². The van der Waals surface area contributed by atoms with Crippen molar-refractivity contribution in [3.8, 4) is 0 Å². The molecule has 2 aromatic rings. The van der Waals surface area contributed by atoms with Gasteiger partial charge in [-0.15, -0.1) is 0 Å². The molecule has 1 aromatic carbocycles. The molecule has 4 nitrogen and oxygen atoms in total. The molecular formula is C14H19FN4S. The summed E-state index contributed by atoms with van der Waals surface area (Å²) in [7, 11) is 0. The summed E-state index contributed by atoms with van der Waals surface area (Å²) < 4.78 is 17.1. The standard InChI is InChI=1S/C14H19FN4S/c15-11-6-4-10(5-7-11)9-13-18-14(20-19-13)12(17)3-1-2-8-16/h4-7,12H,1-3,8-9,16-17H2. The van der Waals surface area contributed by atoms with Gasteiger partial charge in [0.15, 0.2) is 0 Å². The fraction of sp³-hybridized carbons (Fsp3) is 0.429. The SMILES string of the molecule is NCCCCC(N)c1nc(Cc2ccc(F)cc2)ns1. The Morgan fingerprint density at radius 2 is 1.95 bits per heavy atom. The fourth-order valence-electron chi connectivity index (χ4n) is 1.91. The first-order valence-corrected chi connectivity index (χ1v) is 7.49. The summed E-state index contributed by atoms with van der Waals surface area (Å²) in [5.41, 5.74) is 12.5. The molecule has 0 amide bonds. The van der Waals surface area contributed by atoms with Crippen LogP contribution in [0.3, 0.4) is 0 Å². The minimum atomic E-state index is -0.234. The highest BCUT2D eigenvalue weighted by atomic mass is 32.1. The van der Waals surface area contributed by atoms with E-state index in [2.05, 4.69) is 9.36 Å². The van der Waals surface area contributed by atoms with Gasteiger partial charge in [-0.25, -0.2) is 9.37 Å². The van der Waals surface area contributed by atoms with Crippen LogP contribution in [0, 0.1) is 5.82 Å². The fourth-order valence-corrected chi connectivity index (χ4v) is 2.61. The quantitative estimate of drug-likeness (QED) is 0.769. The number of aromatic nitrogens is 2. The van der Waals surface area contributed by atoms with Gasteiger partial charge >= 0.3 is 0 Å². The molecule has 20 heavy (non-hydrogen) atoms. The van der Waals surface area contributed by atoms with Gasteiger partial charge < -0.3 is 11.5 Å². The van der Waals surface area contributed by atoms with Gasteiger partial charge in [0.1, 0.15) is 16.6 Å². The Morgan fingerprint density at radius 3 is 2.65 bits per heavy atom. The van der Waals surface area contributed by atoms with E-state index in [4.69, 9.17) is 11.5 Å². The molecule has 4 N–H and O–H groups in total. The van der Waals surface area contributed by atoms with Crippen LogP contribution in [0.25, 0.3) is 0 Å². The van der Waals surface area contributed by atoms with Crippen LogP contribution in [-0.2, 0) is 6.42 Å². The average Bonchev–Trinajstić information content (AvgIpc) is 2.90. The van der Waals surface area contributed by atoms with Gasteiger partial charge in [0.05, 0.1) is 6.04 Å². The molecule has 1 aromatic heterocycles. The van der Waals surface area contributed by atoms with E-state index in [-0.39, 0.29) is 11.9 Å². The zero-order valence-corrected chi connectivity index (χ0v) is 12.1. The molecule has 1 unspecified atom stereocenters. The number of unbranched alkanes of at least 4 members (excludes halogenated alkanes) is 1. The lowest BCUT2D eigenvalue weighted by atomic mass is 10.1. The van der Waals surface area contributed by atoms with E-state index in [0.29, 0.717) is 13.0 Å². The normalized spacial score (nSPS) is 12.6. The number of hydrogen-bond acceptors (Lipinski definition) is 5. The molecule has 6 heteroatoms. The molecule has 0 fully saturated rings. The molecule has 108 valence electrons. The van der Waals surface area contributed by atoms with Gasteiger partial charge in [-0.3, -0.25) is 0 Å². The van der Waals surface area contributed by atoms with E-state index in [9.17, 15) is 4.39 Å². The highest BCUT2D eigenvalue weighted by Gasteiger charge is 2.12. The Morgan fingerprint density at radius 1 is 1.20 bits per heavy atom. The first-order chi connectivity index (χ1) is 9.69. The summed E-state index contributed by atoms with van der Waals surface area (Å²) in [6.07, 6.45) is 3.47. The van der Waals surface area contributed by atoms with E-state index >= 15 is 0 Å². The van der Waals surface area contributed by atoms with E-state index in [0.717, 1.165) is 35.7 Å². The summed E-state index contributed by atoms with van der Waals surface area (Å²) >= 11 is 1.35. The van der Waals surface area contributed by atoms with E-state index in [1.807, 2.05) is 0 Å². The largest absolute Gasteiger partial charge is 0.330 e. The predicted octanol–water partition coefficient (Wildman–Crippen LogP) is 2.40. The maximum Gasteiger partial charge on any atom is 0.147 e. The molecule has 0 bridgehead atoms. The van der Waals surface area contributed by atoms with E-state index in [1.54, 1.807) is 12.1 Å². The van der Waals surface area contributed by atoms with Crippen molar-refractivity contribution in [3.05, 3.63) is 46.5 Å². The van der Waals surface area contributed by atoms with E-state index in [1.165, 1.54) is 23.7 Å². The van der Waals surface area contributed by atoms with Crippen LogP contribution in [0.4, 0.5) is 4.39 Å². The number of nitrogens with zero attached hydrogens (tertiary/aromatic N) is 2. The predicted molar refractivity (Wildman–Crippen MR) is 78.9 cm³/mol. The zero-order chi connectivity index (χ0) is 14.4. The second-order valence-corrected chi connectivity index (χ2v) is 5.53. The van der Waals surface area contributed by atoms with Gasteiger partial charge in [0, 0.05) is 6.42 Å². The van der Waals surface area contributed by atoms with Crippen molar-refractivity contribution in [3.63, 3.8) is 0 Å². The number of benzene rings is 1. The summed E-state index contributed by atoms with van der Waals surface area (Å²) in [4.78, 5) is 4.46. The van der Waals surface area contributed by atoms with Crippen LogP contribution in [0.15, 0.2) is 24.3 Å². The van der Waals surface area contributed by atoms with Crippen molar-refractivity contribution in [1.82, 2.24) is 9.36 Å². The maximum atomic E-state index is 12.8. The number of hydrogen-bond donors (Lipinski definition) is 2. The molecule has 0 aliphatic carbocycles. The maximum absolute atomic E-state index is 12.8. The van der Waals surface area contributed by atoms with Crippen LogP contribution >= 0.6 is 11.5 Å². The lowest BCUT2D eigenvalue weighted by Crippen LogP contribution is -2.11. The Balaban J connectivity index is 1.93. The minimum Gasteiger partial charge on any atom is -0.330 e. The lowest BCUT2D eigenvalue weighted by Gasteiger charge is -2.06. The summed E-state index contributed by atoms with van der Waals surface area (Å²) in [6.45, 7) is 0.693. The Bertz CT molecular complexity index is 526. The molecule has 0 spiro atoms. The number of rotatable bonds is 7. The molecular weight excluding hydrogens is 275 g/mol. The second-order valence-electron chi connectivity index (χ2n) is 4.74. The topological polar surface area (TPSA) is 77.8 Å². The molecule has 0 aliphatic rings. The van der Waals surface area contributed by atoms with Gasteiger partial charge in [-0.1, -0.05) is 18.6 Å². The van der Waals surface area contributed by atoms with Crippen LogP contribution < -0.4 is 11.5 Å². The number of nitrogens with two attached hydrogens (primary N) is 2. The third kappa shape index (κ3) is 4.33. The molecule has 1 heterocycles. The van der Waals surface area contributed by atoms with Crippen LogP contribution in [-0.4, -0.2) is 15.9 Å². The average molecular weight is 294 g/mol. The third-order valence-electron chi connectivity index (χ3n) is 3.05. The zero-order valence-electron chi connectivity index (χ0n) is 11.3. The monoisotopic (exact) mass is 294 g/mol. The van der Waals surface area contributed by atoms with E-state index < -0.39 is 0 Å². The Hall–Kier alpha value is -1.37. The highest BCUT2D eigenvalue weighted by molar-refractivity contribution is 7.05. The summed E-state index contributed by atoms with van der Waals surface area (Å²) in [5.74, 6) is 0.508. The molecule has 2 rings (SSSR count). The Labute approximate surface area is 122 Å². The molecule has 1 atom stereocenters. The summed E-state index contributed by atoms with van der Waals surface area (Å²) in [5, 5.41) is 0.860. The van der Waals surface area contributed by atoms with Crippen molar-refractivity contribution in [1.29, 1.82) is 0 Å². The van der Waals surface area contributed by atoms with Crippen LogP contribution in [0.1, 0.15) is 41.7 Å². The molecule has 0 radical (unpaired) electrons. The second kappa shape index (κ2) is 7.42. The van der Waals surface area contributed by atoms with Crippen molar-refractivity contribution < 1.29 is 4.39 Å². The van der Waals surface area contributed by atoms with Gasteiger partial charge in [0.2, 0.25) is 0 Å². The first kappa shape index (κ1) is 15.0. The first-order valence-electron chi connectivity index (χ1n) is 6.71. The van der Waals surface area contributed by atoms with Crippen molar-refractivity contribution in [2.24, 2.45) is 11.5 Å². The van der Waals surface area contributed by atoms with Crippen molar-refractivity contribution >= 4 is 11.5 Å². The number of halogens is 1. The minimum absolute atomic E-state index is 0.0685. The summed E-state index contributed by atoms with van der Waals surface area (Å²) in [6, 6.07) is 6.32. The lowest BCUT2D eigenvalue weighted by molar-refractivity contribution is 0.587. The van der Waals surface area contributed by atoms with Crippen molar-refractivity contribution in [2.45, 2.75) is 31.7 Å². The third-order valence-corrected chi connectivity index (χ3v) is 3.93. The molecule has 0 saturated heterocycles. The van der Waals surface area contributed by atoms with Crippen LogP contribution in [0.5, 0.6) is 0 Å². The van der Waals surface area contributed by atoms with Gasteiger partial charge in [0.25, 0.3) is 0 Å². The smallest absolute Gasteiger partial charge is 0.147 e. The van der Waals surface area contributed by atoms with Crippen LogP contribution in [0.2, 0.25) is 0 Å². The molecule has 0 saturated carbocycles. The Kier molecular flexibility index (Phi) is 5.58. The molecule has 0 aliphatic heterocycles. The van der Waals surface area contributed by atoms with Crippen molar-refractivity contribution in [2.75, 3.05) is 6.54 Å². The highest BCUT2D eigenvalue weighted by Crippen LogP contribution is 2.19. The van der Waals surface area contributed by atoms with Gasteiger partial charge in [-0.2, -0.15) is 4.37 Å².